The fraction of sp³-hybridized carbons (Fsp3) is 0. The maximum absolute atomic E-state index is 10.9. The smallest absolute Gasteiger partial charge is 0.181 e. The second-order valence-electron chi connectivity index (χ2n) is 12.2. The predicted octanol–water partition coefficient (Wildman–Crippen LogP) is 7.44. The topological polar surface area (TPSA) is 76.3 Å². The van der Waals surface area contributed by atoms with E-state index < -0.39 is 8.07 Å². The van der Waals surface area contributed by atoms with Crippen molar-refractivity contribution in [1.29, 1.82) is 15.8 Å². The van der Waals surface area contributed by atoms with E-state index >= 15 is 0 Å². The van der Waals surface area contributed by atoms with E-state index in [1.54, 1.807) is 0 Å². The van der Waals surface area contributed by atoms with Crippen LogP contribution in [0.1, 0.15) is 16.7 Å². The highest BCUT2D eigenvalue weighted by Gasteiger charge is 2.44. The third kappa shape index (κ3) is 4.72. The van der Waals surface area contributed by atoms with Crippen LogP contribution in [-0.4, -0.2) is 12.6 Å². The molecular formula is C45H28N4Si. The molecule has 0 saturated carbocycles. The lowest BCUT2D eigenvalue weighted by Crippen LogP contribution is -2.75. The Labute approximate surface area is 291 Å². The van der Waals surface area contributed by atoms with E-state index in [1.165, 1.54) is 15.6 Å². The summed E-state index contributed by atoms with van der Waals surface area (Å²) in [7, 11) is -3.14. The zero-order valence-electron chi connectivity index (χ0n) is 27.0. The van der Waals surface area contributed by atoms with Gasteiger partial charge in [0, 0.05) is 16.3 Å². The molecule has 7 aromatic carbocycles. The van der Waals surface area contributed by atoms with Gasteiger partial charge in [0.15, 0.2) is 8.07 Å². The van der Waals surface area contributed by atoms with E-state index in [1.807, 2.05) is 78.9 Å². The molecule has 0 aliphatic carbocycles. The summed E-state index contributed by atoms with van der Waals surface area (Å²) >= 11 is 0. The minimum atomic E-state index is -3.14. The Hall–Kier alpha value is -6.97. The number of aromatic nitrogens is 1. The molecule has 0 aliphatic heterocycles. The molecule has 0 amide bonds. The Morgan fingerprint density at radius 1 is 0.420 bits per heavy atom. The van der Waals surface area contributed by atoms with Gasteiger partial charge in [-0.1, -0.05) is 121 Å². The molecule has 0 atom stereocenters. The highest BCUT2D eigenvalue weighted by molar-refractivity contribution is 7.20. The number of para-hydroxylation sites is 1. The van der Waals surface area contributed by atoms with Gasteiger partial charge >= 0.3 is 0 Å². The van der Waals surface area contributed by atoms with Crippen LogP contribution in [0.2, 0.25) is 0 Å². The molecule has 50 heavy (non-hydrogen) atoms. The molecule has 0 fully saturated rings. The van der Waals surface area contributed by atoms with E-state index in [9.17, 15) is 15.8 Å². The van der Waals surface area contributed by atoms with Crippen molar-refractivity contribution in [3.05, 3.63) is 187 Å². The zero-order chi connectivity index (χ0) is 34.1. The minimum Gasteiger partial charge on any atom is -0.309 e. The third-order valence-electron chi connectivity index (χ3n) is 9.64. The van der Waals surface area contributed by atoms with Crippen LogP contribution in [0, 0.1) is 34.0 Å². The normalized spacial score (nSPS) is 11.1. The van der Waals surface area contributed by atoms with E-state index in [0.29, 0.717) is 16.7 Å². The number of fused-ring (bicyclic) bond motifs is 3. The molecule has 1 aromatic heterocycles. The summed E-state index contributed by atoms with van der Waals surface area (Å²) in [5.41, 5.74) is 6.51. The fourth-order valence-electron chi connectivity index (χ4n) is 7.59. The van der Waals surface area contributed by atoms with Crippen molar-refractivity contribution in [1.82, 2.24) is 4.57 Å². The van der Waals surface area contributed by atoms with Crippen LogP contribution in [0.5, 0.6) is 0 Å². The maximum atomic E-state index is 10.9. The monoisotopic (exact) mass is 652 g/mol. The van der Waals surface area contributed by atoms with Crippen LogP contribution in [-0.2, 0) is 0 Å². The summed E-state index contributed by atoms with van der Waals surface area (Å²) < 4.78 is 2.22. The molecule has 0 aliphatic rings. The molecule has 1 heterocycles. The molecule has 232 valence electrons. The number of nitriles is 3. The van der Waals surface area contributed by atoms with Gasteiger partial charge in [-0.15, -0.1) is 0 Å². The number of nitrogens with zero attached hydrogens (tertiary/aromatic N) is 4. The van der Waals surface area contributed by atoms with E-state index in [-0.39, 0.29) is 0 Å². The van der Waals surface area contributed by atoms with Gasteiger partial charge in [0.05, 0.1) is 51.6 Å². The van der Waals surface area contributed by atoms with Crippen LogP contribution >= 0.6 is 0 Å². The second-order valence-corrected chi connectivity index (χ2v) is 16.0. The number of benzene rings is 7. The Balaban J connectivity index is 1.53. The summed E-state index contributed by atoms with van der Waals surface area (Å²) in [6.45, 7) is 0. The second kappa shape index (κ2) is 12.6. The maximum Gasteiger partial charge on any atom is 0.181 e. The van der Waals surface area contributed by atoms with Gasteiger partial charge < -0.3 is 4.57 Å². The molecule has 0 N–H and O–H groups in total. The van der Waals surface area contributed by atoms with Crippen LogP contribution in [0.4, 0.5) is 0 Å². The molecule has 0 unspecified atom stereocenters. The van der Waals surface area contributed by atoms with Gasteiger partial charge in [-0.05, 0) is 74.8 Å². The largest absolute Gasteiger partial charge is 0.309 e. The highest BCUT2D eigenvalue weighted by atomic mass is 28.3. The van der Waals surface area contributed by atoms with E-state index in [2.05, 4.69) is 114 Å². The highest BCUT2D eigenvalue weighted by Crippen LogP contribution is 2.37. The van der Waals surface area contributed by atoms with Crippen molar-refractivity contribution in [2.45, 2.75) is 0 Å². The van der Waals surface area contributed by atoms with Gasteiger partial charge in [0.1, 0.15) is 0 Å². The molecule has 8 aromatic rings. The molecule has 5 heteroatoms. The molecule has 4 nitrogen and oxygen atoms in total. The van der Waals surface area contributed by atoms with Gasteiger partial charge in [-0.2, -0.15) is 15.8 Å². The van der Waals surface area contributed by atoms with Gasteiger partial charge in [0.25, 0.3) is 0 Å². The van der Waals surface area contributed by atoms with Crippen LogP contribution in [0.25, 0.3) is 38.6 Å². The van der Waals surface area contributed by atoms with Gasteiger partial charge in [-0.25, -0.2) is 0 Å². The Bertz CT molecular complexity index is 2510. The summed E-state index contributed by atoms with van der Waals surface area (Å²) in [4.78, 5) is 0. The lowest BCUT2D eigenvalue weighted by Gasteiger charge is -2.37. The van der Waals surface area contributed by atoms with E-state index in [0.717, 1.165) is 43.8 Å². The zero-order valence-corrected chi connectivity index (χ0v) is 28.0. The summed E-state index contributed by atoms with van der Waals surface area (Å²) in [6, 6.07) is 65.0. The standard InChI is InChI=1S/C45H28N4Si/c46-29-32-23-25-43-40(27-32)41-28-33(30-47)24-26-44(41)49(43)42-22-11-10-20-38(42)39-21-12-13-34(31-48)45(39)50(35-14-4-1-5-15-35,36-16-6-2-7-17-36)37-18-8-3-9-19-37/h1-28H. The quantitative estimate of drug-likeness (QED) is 0.138. The van der Waals surface area contributed by atoms with Crippen LogP contribution < -0.4 is 20.7 Å². The predicted molar refractivity (Wildman–Crippen MR) is 204 cm³/mol. The van der Waals surface area contributed by atoms with Crippen LogP contribution in [0.3, 0.4) is 0 Å². The van der Waals surface area contributed by atoms with Crippen molar-refractivity contribution in [3.8, 4) is 35.0 Å². The first kappa shape index (κ1) is 30.4. The molecular weight excluding hydrogens is 625 g/mol. The Morgan fingerprint density at radius 3 is 1.36 bits per heavy atom. The number of hydrogen-bond acceptors (Lipinski definition) is 3. The Morgan fingerprint density at radius 2 is 0.880 bits per heavy atom. The SMILES string of the molecule is N#Cc1ccc2c(c1)c1cc(C#N)ccc1n2-c1ccccc1-c1cccc(C#N)c1[Si](c1ccccc1)(c1ccccc1)c1ccccc1. The molecule has 0 spiro atoms. The third-order valence-corrected chi connectivity index (χ3v) is 14.5. The van der Waals surface area contributed by atoms with E-state index in [4.69, 9.17) is 0 Å². The molecule has 0 bridgehead atoms. The minimum absolute atomic E-state index is 0.556. The first-order valence-corrected chi connectivity index (χ1v) is 18.4. The Kier molecular flexibility index (Phi) is 7.63. The van der Waals surface area contributed by atoms with Crippen molar-refractivity contribution >= 4 is 50.6 Å². The lowest BCUT2D eigenvalue weighted by atomic mass is 10.0. The van der Waals surface area contributed by atoms with Gasteiger partial charge in [0.2, 0.25) is 0 Å². The number of hydrogen-bond donors (Lipinski definition) is 0. The first-order chi connectivity index (χ1) is 24.7. The molecule has 0 saturated heterocycles. The average molecular weight is 653 g/mol. The van der Waals surface area contributed by atoms with Crippen molar-refractivity contribution in [2.75, 3.05) is 0 Å². The summed E-state index contributed by atoms with van der Waals surface area (Å²) in [5, 5.41) is 36.9. The molecule has 0 radical (unpaired) electrons. The molecule has 8 rings (SSSR count). The van der Waals surface area contributed by atoms with Crippen molar-refractivity contribution < 1.29 is 0 Å². The summed E-state index contributed by atoms with van der Waals surface area (Å²) in [6.07, 6.45) is 0. The number of rotatable bonds is 6. The average Bonchev–Trinajstić information content (AvgIpc) is 3.52. The van der Waals surface area contributed by atoms with Crippen LogP contribution in [0.15, 0.2) is 170 Å². The van der Waals surface area contributed by atoms with Crippen molar-refractivity contribution in [2.24, 2.45) is 0 Å². The lowest BCUT2D eigenvalue weighted by molar-refractivity contribution is 1.18. The first-order valence-electron chi connectivity index (χ1n) is 16.4. The fourth-order valence-corrected chi connectivity index (χ4v) is 12.7. The van der Waals surface area contributed by atoms with Crippen molar-refractivity contribution in [3.63, 3.8) is 0 Å². The van der Waals surface area contributed by atoms with Gasteiger partial charge in [-0.3, -0.25) is 0 Å². The summed E-state index contributed by atoms with van der Waals surface area (Å²) in [5.74, 6) is 0.